The molecule has 2 aromatic heterocycles. The Balaban J connectivity index is 1.50. The van der Waals surface area contributed by atoms with Crippen LogP contribution in [-0.2, 0) is 17.9 Å². The van der Waals surface area contributed by atoms with Crippen molar-refractivity contribution in [3.05, 3.63) is 76.9 Å². The first-order valence-corrected chi connectivity index (χ1v) is 9.51. The molecule has 0 aliphatic carbocycles. The summed E-state index contributed by atoms with van der Waals surface area (Å²) >= 11 is 1.61. The largest absolute Gasteiger partial charge is 0.467 e. The van der Waals surface area contributed by atoms with E-state index in [0.29, 0.717) is 18.8 Å². The van der Waals surface area contributed by atoms with Crippen molar-refractivity contribution in [2.24, 2.45) is 0 Å². The van der Waals surface area contributed by atoms with Gasteiger partial charge in [0.1, 0.15) is 5.76 Å². The minimum atomic E-state index is -0.329. The molecule has 0 atom stereocenters. The first kappa shape index (κ1) is 18.7. The highest BCUT2D eigenvalue weighted by Crippen LogP contribution is 2.15. The SMILES string of the molecule is O=C(NCCC(=O)N(Cc1ccco1)Cc1cccs1)Nc1ccccc1. The average molecular weight is 383 g/mol. The lowest BCUT2D eigenvalue weighted by atomic mass is 10.3. The molecule has 0 radical (unpaired) electrons. The topological polar surface area (TPSA) is 74.6 Å². The van der Waals surface area contributed by atoms with Crippen LogP contribution in [0.25, 0.3) is 0 Å². The number of amides is 3. The molecular weight excluding hydrogens is 362 g/mol. The first-order valence-electron chi connectivity index (χ1n) is 8.63. The van der Waals surface area contributed by atoms with E-state index in [9.17, 15) is 9.59 Å². The van der Waals surface area contributed by atoms with E-state index in [0.717, 1.165) is 10.6 Å². The maximum Gasteiger partial charge on any atom is 0.319 e. The second-order valence-corrected chi connectivity index (χ2v) is 6.94. The van der Waals surface area contributed by atoms with Crippen LogP contribution >= 0.6 is 11.3 Å². The van der Waals surface area contributed by atoms with Gasteiger partial charge in [-0.1, -0.05) is 24.3 Å². The monoisotopic (exact) mass is 383 g/mol. The van der Waals surface area contributed by atoms with Gasteiger partial charge in [0.15, 0.2) is 0 Å². The van der Waals surface area contributed by atoms with Gasteiger partial charge in [-0.25, -0.2) is 4.79 Å². The van der Waals surface area contributed by atoms with Crippen molar-refractivity contribution in [1.82, 2.24) is 10.2 Å². The summed E-state index contributed by atoms with van der Waals surface area (Å²) in [5, 5.41) is 7.43. The van der Waals surface area contributed by atoms with Gasteiger partial charge in [-0.05, 0) is 35.7 Å². The fraction of sp³-hybridized carbons (Fsp3) is 0.200. The minimum Gasteiger partial charge on any atom is -0.467 e. The van der Waals surface area contributed by atoms with E-state index in [1.165, 1.54) is 0 Å². The van der Waals surface area contributed by atoms with Crippen LogP contribution < -0.4 is 10.6 Å². The Labute approximate surface area is 161 Å². The number of thiophene rings is 1. The van der Waals surface area contributed by atoms with Crippen molar-refractivity contribution in [3.63, 3.8) is 0 Å². The molecule has 0 saturated heterocycles. The van der Waals surface area contributed by atoms with E-state index < -0.39 is 0 Å². The number of hydrogen-bond acceptors (Lipinski definition) is 4. The lowest BCUT2D eigenvalue weighted by molar-refractivity contribution is -0.132. The standard InChI is InChI=1S/C20H21N3O3S/c24-19(10-11-21-20(25)22-16-6-2-1-3-7-16)23(14-17-8-4-12-26-17)15-18-9-5-13-27-18/h1-9,12-13H,10-11,14-15H2,(H2,21,22,25). The van der Waals surface area contributed by atoms with E-state index in [1.807, 2.05) is 41.8 Å². The van der Waals surface area contributed by atoms with Crippen molar-refractivity contribution in [1.29, 1.82) is 0 Å². The second kappa shape index (κ2) is 9.59. The molecule has 0 aliphatic rings. The molecule has 3 aromatic rings. The van der Waals surface area contributed by atoms with Gasteiger partial charge >= 0.3 is 6.03 Å². The summed E-state index contributed by atoms with van der Waals surface area (Å²) in [4.78, 5) is 27.4. The Morgan fingerprint density at radius 3 is 2.56 bits per heavy atom. The summed E-state index contributed by atoms with van der Waals surface area (Å²) in [6.07, 6.45) is 1.81. The van der Waals surface area contributed by atoms with Crippen molar-refractivity contribution < 1.29 is 14.0 Å². The molecule has 0 unspecified atom stereocenters. The van der Waals surface area contributed by atoms with Crippen LogP contribution in [0.5, 0.6) is 0 Å². The molecule has 0 saturated carbocycles. The van der Waals surface area contributed by atoms with E-state index in [2.05, 4.69) is 10.6 Å². The molecule has 6 nitrogen and oxygen atoms in total. The van der Waals surface area contributed by atoms with Crippen LogP contribution in [-0.4, -0.2) is 23.4 Å². The molecule has 3 rings (SSSR count). The van der Waals surface area contributed by atoms with E-state index in [4.69, 9.17) is 4.42 Å². The summed E-state index contributed by atoms with van der Waals surface area (Å²) in [5.74, 6) is 0.689. The number of rotatable bonds is 8. The minimum absolute atomic E-state index is 0.0418. The Hall–Kier alpha value is -3.06. The fourth-order valence-electron chi connectivity index (χ4n) is 2.55. The van der Waals surface area contributed by atoms with E-state index in [-0.39, 0.29) is 24.9 Å². The number of furan rings is 1. The third kappa shape index (κ3) is 6.00. The first-order chi connectivity index (χ1) is 13.2. The molecular formula is C20H21N3O3S. The molecule has 3 amide bonds. The van der Waals surface area contributed by atoms with Gasteiger partial charge in [0.25, 0.3) is 0 Å². The van der Waals surface area contributed by atoms with Gasteiger partial charge < -0.3 is 20.0 Å². The second-order valence-electron chi connectivity index (χ2n) is 5.91. The van der Waals surface area contributed by atoms with Crippen molar-refractivity contribution in [2.45, 2.75) is 19.5 Å². The molecule has 0 spiro atoms. The highest BCUT2D eigenvalue weighted by Gasteiger charge is 2.16. The number of para-hydroxylation sites is 1. The van der Waals surface area contributed by atoms with Gasteiger partial charge in [-0.3, -0.25) is 4.79 Å². The zero-order chi connectivity index (χ0) is 18.9. The van der Waals surface area contributed by atoms with Crippen LogP contribution in [0, 0.1) is 0 Å². The number of nitrogens with zero attached hydrogens (tertiary/aromatic N) is 1. The highest BCUT2D eigenvalue weighted by molar-refractivity contribution is 7.09. The Bertz CT molecular complexity index is 797. The Kier molecular flexibility index (Phi) is 6.65. The average Bonchev–Trinajstić information content (AvgIpc) is 3.36. The van der Waals surface area contributed by atoms with Crippen LogP contribution in [0.4, 0.5) is 10.5 Å². The molecule has 0 aliphatic heterocycles. The number of hydrogen-bond donors (Lipinski definition) is 2. The number of nitrogens with one attached hydrogen (secondary N) is 2. The summed E-state index contributed by atoms with van der Waals surface area (Å²) in [5.41, 5.74) is 0.707. The summed E-state index contributed by atoms with van der Waals surface area (Å²) < 4.78 is 5.37. The smallest absolute Gasteiger partial charge is 0.319 e. The number of urea groups is 1. The van der Waals surface area contributed by atoms with Gasteiger partial charge in [0.2, 0.25) is 5.91 Å². The quantitative estimate of drug-likeness (QED) is 0.615. The molecule has 7 heteroatoms. The lowest BCUT2D eigenvalue weighted by Crippen LogP contribution is -2.35. The number of carbonyl (C=O) groups is 2. The van der Waals surface area contributed by atoms with Crippen molar-refractivity contribution >= 4 is 29.0 Å². The predicted octanol–water partition coefficient (Wildman–Crippen LogP) is 4.08. The van der Waals surface area contributed by atoms with Gasteiger partial charge in [0, 0.05) is 23.5 Å². The van der Waals surface area contributed by atoms with E-state index >= 15 is 0 Å². The van der Waals surface area contributed by atoms with Crippen LogP contribution in [0.3, 0.4) is 0 Å². The zero-order valence-electron chi connectivity index (χ0n) is 14.8. The normalized spacial score (nSPS) is 10.4. The molecule has 0 bridgehead atoms. The van der Waals surface area contributed by atoms with Gasteiger partial charge in [-0.2, -0.15) is 0 Å². The third-order valence-corrected chi connectivity index (χ3v) is 4.72. The number of benzene rings is 1. The molecule has 0 fully saturated rings. The maximum absolute atomic E-state index is 12.7. The molecule has 1 aromatic carbocycles. The van der Waals surface area contributed by atoms with E-state index in [1.54, 1.807) is 40.7 Å². The lowest BCUT2D eigenvalue weighted by Gasteiger charge is -2.21. The molecule has 2 heterocycles. The highest BCUT2D eigenvalue weighted by atomic mass is 32.1. The summed E-state index contributed by atoms with van der Waals surface area (Å²) in [6, 6.07) is 16.5. The number of carbonyl (C=O) groups excluding carboxylic acids is 2. The third-order valence-electron chi connectivity index (χ3n) is 3.86. The zero-order valence-corrected chi connectivity index (χ0v) is 15.6. The van der Waals surface area contributed by atoms with Gasteiger partial charge in [-0.15, -0.1) is 11.3 Å². The fourth-order valence-corrected chi connectivity index (χ4v) is 3.27. The molecule has 140 valence electrons. The van der Waals surface area contributed by atoms with Crippen LogP contribution in [0.2, 0.25) is 0 Å². The van der Waals surface area contributed by atoms with Crippen molar-refractivity contribution in [3.8, 4) is 0 Å². The molecule has 27 heavy (non-hydrogen) atoms. The Morgan fingerprint density at radius 1 is 1.00 bits per heavy atom. The molecule has 2 N–H and O–H groups in total. The summed E-state index contributed by atoms with van der Waals surface area (Å²) in [6.45, 7) is 1.18. The maximum atomic E-state index is 12.7. The van der Waals surface area contributed by atoms with Gasteiger partial charge in [0.05, 0.1) is 19.4 Å². The predicted molar refractivity (Wildman–Crippen MR) is 105 cm³/mol. The Morgan fingerprint density at radius 2 is 1.85 bits per heavy atom. The summed E-state index contributed by atoms with van der Waals surface area (Å²) in [7, 11) is 0. The van der Waals surface area contributed by atoms with Crippen LogP contribution in [0.15, 0.2) is 70.7 Å². The van der Waals surface area contributed by atoms with Crippen molar-refractivity contribution in [2.75, 3.05) is 11.9 Å². The number of anilines is 1. The van der Waals surface area contributed by atoms with Crippen LogP contribution in [0.1, 0.15) is 17.1 Å².